The van der Waals surface area contributed by atoms with E-state index < -0.39 is 40.2 Å². The number of carbonyl (C=O) groups excluding carboxylic acids is 2. The van der Waals surface area contributed by atoms with Gasteiger partial charge in [0.25, 0.3) is 11.8 Å². The number of aromatic nitrogens is 1. The largest absolute Gasteiger partial charge is 0.503 e. The van der Waals surface area contributed by atoms with Crippen LogP contribution in [0.4, 0.5) is 8.78 Å². The lowest BCUT2D eigenvalue weighted by atomic mass is 9.89. The van der Waals surface area contributed by atoms with E-state index in [2.05, 4.69) is 5.32 Å². The average molecular weight is 429 g/mol. The predicted molar refractivity (Wildman–Crippen MR) is 106 cm³/mol. The molecule has 0 aliphatic carbocycles. The van der Waals surface area contributed by atoms with E-state index in [1.54, 1.807) is 9.47 Å². The highest BCUT2D eigenvalue weighted by Gasteiger charge is 2.50. The fraction of sp³-hybridized carbons (Fsp3) is 0.409. The van der Waals surface area contributed by atoms with Crippen molar-refractivity contribution in [2.24, 2.45) is 0 Å². The Kier molecular flexibility index (Phi) is 4.39. The van der Waals surface area contributed by atoms with Gasteiger partial charge < -0.3 is 19.9 Å². The van der Waals surface area contributed by atoms with Gasteiger partial charge in [-0.1, -0.05) is 6.07 Å². The number of pyridine rings is 1. The number of nitrogens with one attached hydrogen (secondary N) is 1. The standard InChI is InChI=1S/C22H21F2N3O4/c23-13-4-3-12(14(24)9-13)10-25-20(30)16-15-5-7-22-6-1-2-8-26(11-22)21(31)17(27(15)22)19(29)18(16)28/h3-4,9,29H,1-2,5-8,10-11H2,(H,25,30). The molecule has 1 saturated heterocycles. The van der Waals surface area contributed by atoms with E-state index in [1.165, 1.54) is 6.07 Å². The molecule has 1 spiro atoms. The number of fused-ring (bicyclic) bond motifs is 1. The van der Waals surface area contributed by atoms with E-state index in [4.69, 9.17) is 0 Å². The molecule has 1 aromatic carbocycles. The second kappa shape index (κ2) is 6.90. The van der Waals surface area contributed by atoms with E-state index in [0.29, 0.717) is 37.7 Å². The van der Waals surface area contributed by atoms with Gasteiger partial charge in [0.05, 0.1) is 5.54 Å². The smallest absolute Gasteiger partial charge is 0.274 e. The maximum Gasteiger partial charge on any atom is 0.274 e. The molecule has 2 bridgehead atoms. The lowest BCUT2D eigenvalue weighted by Crippen LogP contribution is -2.52. The second-order valence-electron chi connectivity index (χ2n) is 8.51. The number of aromatic hydroxyl groups is 1. The van der Waals surface area contributed by atoms with Gasteiger partial charge in [-0.2, -0.15) is 0 Å². The van der Waals surface area contributed by atoms with Crippen molar-refractivity contribution in [3.63, 3.8) is 0 Å². The van der Waals surface area contributed by atoms with Crippen LogP contribution in [0.2, 0.25) is 0 Å². The van der Waals surface area contributed by atoms with Crippen molar-refractivity contribution in [3.05, 3.63) is 62.6 Å². The summed E-state index contributed by atoms with van der Waals surface area (Å²) in [4.78, 5) is 40.5. The third kappa shape index (κ3) is 2.86. The summed E-state index contributed by atoms with van der Waals surface area (Å²) < 4.78 is 28.7. The number of nitrogens with zero attached hydrogens (tertiary/aromatic N) is 2. The third-order valence-corrected chi connectivity index (χ3v) is 6.73. The number of hydrogen-bond donors (Lipinski definition) is 2. The van der Waals surface area contributed by atoms with Gasteiger partial charge in [0.1, 0.15) is 17.2 Å². The molecule has 1 unspecified atom stereocenters. The average Bonchev–Trinajstić information content (AvgIpc) is 2.97. The fourth-order valence-corrected chi connectivity index (χ4v) is 5.27. The molecular weight excluding hydrogens is 408 g/mol. The number of hydrogen-bond acceptors (Lipinski definition) is 4. The molecule has 3 aliphatic heterocycles. The summed E-state index contributed by atoms with van der Waals surface area (Å²) >= 11 is 0. The summed E-state index contributed by atoms with van der Waals surface area (Å²) in [6.07, 6.45) is 3.64. The van der Waals surface area contributed by atoms with Crippen LogP contribution in [0, 0.1) is 11.6 Å². The molecule has 7 nitrogen and oxygen atoms in total. The Balaban J connectivity index is 1.57. The lowest BCUT2D eigenvalue weighted by molar-refractivity contribution is 0.0584. The first-order valence-corrected chi connectivity index (χ1v) is 10.4. The summed E-state index contributed by atoms with van der Waals surface area (Å²) in [6.45, 7) is 0.829. The van der Waals surface area contributed by atoms with Crippen molar-refractivity contribution >= 4 is 11.8 Å². The van der Waals surface area contributed by atoms with Crippen LogP contribution in [0.3, 0.4) is 0 Å². The number of halogens is 2. The molecule has 2 N–H and O–H groups in total. The topological polar surface area (TPSA) is 91.6 Å². The molecule has 4 heterocycles. The maximum atomic E-state index is 13.9. The van der Waals surface area contributed by atoms with Gasteiger partial charge in [-0.3, -0.25) is 14.4 Å². The van der Waals surface area contributed by atoms with E-state index in [0.717, 1.165) is 25.3 Å². The molecule has 31 heavy (non-hydrogen) atoms. The van der Waals surface area contributed by atoms with E-state index >= 15 is 0 Å². The Morgan fingerprint density at radius 1 is 1.19 bits per heavy atom. The molecule has 1 atom stereocenters. The molecule has 5 rings (SSSR count). The predicted octanol–water partition coefficient (Wildman–Crippen LogP) is 2.04. The summed E-state index contributed by atoms with van der Waals surface area (Å²) in [5, 5.41) is 13.2. The summed E-state index contributed by atoms with van der Waals surface area (Å²) in [5.41, 5.74) is -1.08. The van der Waals surface area contributed by atoms with Gasteiger partial charge >= 0.3 is 0 Å². The number of rotatable bonds is 3. The highest BCUT2D eigenvalue weighted by Crippen LogP contribution is 2.45. The molecular formula is C22H21F2N3O4. The minimum absolute atomic E-state index is 0.0354. The van der Waals surface area contributed by atoms with Crippen molar-refractivity contribution in [3.8, 4) is 5.75 Å². The highest BCUT2D eigenvalue weighted by atomic mass is 19.1. The van der Waals surface area contributed by atoms with Gasteiger partial charge in [0.15, 0.2) is 11.4 Å². The molecule has 1 fully saturated rings. The van der Waals surface area contributed by atoms with Crippen molar-refractivity contribution in [1.29, 1.82) is 0 Å². The monoisotopic (exact) mass is 429 g/mol. The minimum atomic E-state index is -0.899. The van der Waals surface area contributed by atoms with E-state index in [-0.39, 0.29) is 23.4 Å². The summed E-state index contributed by atoms with van der Waals surface area (Å²) in [7, 11) is 0. The fourth-order valence-electron chi connectivity index (χ4n) is 5.27. The quantitative estimate of drug-likeness (QED) is 0.781. The van der Waals surface area contributed by atoms with Crippen molar-refractivity contribution in [2.75, 3.05) is 13.1 Å². The van der Waals surface area contributed by atoms with Crippen LogP contribution in [0.1, 0.15) is 57.8 Å². The van der Waals surface area contributed by atoms with Gasteiger partial charge in [0, 0.05) is 37.0 Å². The normalized spacial score (nSPS) is 21.6. The van der Waals surface area contributed by atoms with Crippen LogP contribution < -0.4 is 10.7 Å². The second-order valence-corrected chi connectivity index (χ2v) is 8.51. The summed E-state index contributed by atoms with van der Waals surface area (Å²) in [5.74, 6) is -3.40. The van der Waals surface area contributed by atoms with Crippen LogP contribution in [-0.2, 0) is 18.5 Å². The number of amides is 2. The Hall–Kier alpha value is -3.23. The Bertz CT molecular complexity index is 1190. The van der Waals surface area contributed by atoms with Gasteiger partial charge in [-0.25, -0.2) is 8.78 Å². The third-order valence-electron chi connectivity index (χ3n) is 6.73. The molecule has 9 heteroatoms. The Morgan fingerprint density at radius 2 is 2.00 bits per heavy atom. The molecule has 1 aromatic heterocycles. The maximum absolute atomic E-state index is 13.9. The Labute approximate surface area is 176 Å². The minimum Gasteiger partial charge on any atom is -0.503 e. The first kappa shape index (κ1) is 19.7. The molecule has 0 radical (unpaired) electrons. The zero-order valence-electron chi connectivity index (χ0n) is 16.7. The molecule has 3 aliphatic rings. The molecule has 0 saturated carbocycles. The van der Waals surface area contributed by atoms with E-state index in [9.17, 15) is 28.3 Å². The first-order chi connectivity index (χ1) is 14.8. The highest BCUT2D eigenvalue weighted by molar-refractivity contribution is 6.00. The van der Waals surface area contributed by atoms with Crippen LogP contribution in [0.25, 0.3) is 0 Å². The molecule has 2 amide bonds. The number of carbonyl (C=O) groups is 2. The number of benzene rings is 1. The van der Waals surface area contributed by atoms with Gasteiger partial charge in [0.2, 0.25) is 5.43 Å². The van der Waals surface area contributed by atoms with Gasteiger partial charge in [-0.15, -0.1) is 0 Å². The Morgan fingerprint density at radius 3 is 2.77 bits per heavy atom. The lowest BCUT2D eigenvalue weighted by Gasteiger charge is -2.41. The van der Waals surface area contributed by atoms with Crippen LogP contribution in [0.15, 0.2) is 23.0 Å². The zero-order chi connectivity index (χ0) is 21.9. The van der Waals surface area contributed by atoms with Crippen LogP contribution >= 0.6 is 0 Å². The molecule has 162 valence electrons. The van der Waals surface area contributed by atoms with Crippen molar-refractivity contribution in [2.45, 2.75) is 44.2 Å². The van der Waals surface area contributed by atoms with Crippen molar-refractivity contribution < 1.29 is 23.5 Å². The summed E-state index contributed by atoms with van der Waals surface area (Å²) in [6, 6.07) is 3.01. The van der Waals surface area contributed by atoms with Gasteiger partial charge in [-0.05, 0) is 38.2 Å². The van der Waals surface area contributed by atoms with Crippen LogP contribution in [-0.4, -0.2) is 39.5 Å². The first-order valence-electron chi connectivity index (χ1n) is 10.4. The van der Waals surface area contributed by atoms with Crippen LogP contribution in [0.5, 0.6) is 5.75 Å². The molecule has 2 aromatic rings. The van der Waals surface area contributed by atoms with E-state index in [1.807, 2.05) is 0 Å². The zero-order valence-corrected chi connectivity index (χ0v) is 16.7. The SMILES string of the molecule is O=C(NCc1ccc(F)cc1F)c1c2n3c(c(O)c1=O)C(=O)N1CCCCC3(CC2)C1. The van der Waals surface area contributed by atoms with Crippen molar-refractivity contribution in [1.82, 2.24) is 14.8 Å².